The van der Waals surface area contributed by atoms with Gasteiger partial charge < -0.3 is 9.05 Å². The lowest BCUT2D eigenvalue weighted by Gasteiger charge is -2.19. The Morgan fingerprint density at radius 3 is 2.35 bits per heavy atom. The van der Waals surface area contributed by atoms with Gasteiger partial charge >= 0.3 is 7.60 Å². The number of rotatable bonds is 6. The number of aromatic nitrogens is 1. The second-order valence-electron chi connectivity index (χ2n) is 4.33. The number of nitrogens with zero attached hydrogens (tertiary/aromatic N) is 1. The lowest BCUT2D eigenvalue weighted by atomic mass is 10.2. The van der Waals surface area contributed by atoms with Gasteiger partial charge in [-0.05, 0) is 32.4 Å². The second kappa shape index (κ2) is 6.49. The van der Waals surface area contributed by atoms with Crippen LogP contribution >= 0.6 is 7.60 Å². The predicted molar refractivity (Wildman–Crippen MR) is 81.6 cm³/mol. The lowest BCUT2D eigenvalue weighted by molar-refractivity contribution is 0.229. The zero-order chi connectivity index (χ0) is 14.6. The summed E-state index contributed by atoms with van der Waals surface area (Å²) >= 11 is 0. The van der Waals surface area contributed by atoms with Gasteiger partial charge in [0.25, 0.3) is 0 Å². The Kier molecular flexibility index (Phi) is 4.92. The number of fused-ring (bicyclic) bond motifs is 1. The molecule has 0 saturated carbocycles. The maximum Gasteiger partial charge on any atom is 0.363 e. The fourth-order valence-electron chi connectivity index (χ4n) is 2.16. The summed E-state index contributed by atoms with van der Waals surface area (Å²) in [5, 5.41) is 1.53. The SMILES string of the molecule is CCOP(=O)(OCC)c1cc2ccccc2nc1CC. The summed E-state index contributed by atoms with van der Waals surface area (Å²) in [4.78, 5) is 4.59. The molecule has 2 rings (SSSR count). The molecule has 0 unspecified atom stereocenters. The van der Waals surface area contributed by atoms with E-state index in [1.165, 1.54) is 0 Å². The third-order valence-corrected chi connectivity index (χ3v) is 5.18. The first kappa shape index (κ1) is 15.2. The molecular weight excluding hydrogens is 273 g/mol. The maximum atomic E-state index is 13.0. The van der Waals surface area contributed by atoms with Crippen molar-refractivity contribution in [1.82, 2.24) is 4.98 Å². The van der Waals surface area contributed by atoms with Gasteiger partial charge in [0.2, 0.25) is 0 Å². The number of hydrogen-bond donors (Lipinski definition) is 0. The zero-order valence-corrected chi connectivity index (χ0v) is 13.0. The summed E-state index contributed by atoms with van der Waals surface area (Å²) in [6.07, 6.45) is 0.685. The largest absolute Gasteiger partial charge is 0.363 e. The fourth-order valence-corrected chi connectivity index (χ4v) is 4.01. The zero-order valence-electron chi connectivity index (χ0n) is 12.1. The first-order valence-corrected chi connectivity index (χ1v) is 8.47. The Morgan fingerprint density at radius 2 is 1.75 bits per heavy atom. The standard InChI is InChI=1S/C15H20NO3P/c1-4-13-15(20(17,18-5-2)19-6-3)11-12-9-7-8-10-14(12)16-13/h7-11H,4-6H2,1-3H3. The van der Waals surface area contributed by atoms with Gasteiger partial charge in [-0.15, -0.1) is 0 Å². The number of para-hydroxylation sites is 1. The van der Waals surface area contributed by atoms with E-state index in [1.54, 1.807) is 0 Å². The second-order valence-corrected chi connectivity index (χ2v) is 6.33. The maximum absolute atomic E-state index is 13.0. The minimum Gasteiger partial charge on any atom is -0.305 e. The molecule has 0 atom stereocenters. The molecular formula is C15H20NO3P. The molecule has 1 heterocycles. The molecule has 4 nitrogen and oxygen atoms in total. The van der Waals surface area contributed by atoms with Gasteiger partial charge in [-0.25, -0.2) is 0 Å². The predicted octanol–water partition coefficient (Wildman–Crippen LogP) is 3.69. The van der Waals surface area contributed by atoms with E-state index in [9.17, 15) is 4.57 Å². The normalized spacial score (nSPS) is 11.9. The molecule has 1 aromatic carbocycles. The third-order valence-electron chi connectivity index (χ3n) is 3.01. The van der Waals surface area contributed by atoms with Crippen LogP contribution in [0.5, 0.6) is 0 Å². The molecule has 5 heteroatoms. The summed E-state index contributed by atoms with van der Waals surface area (Å²) in [7, 11) is -3.29. The first-order chi connectivity index (χ1) is 9.64. The van der Waals surface area contributed by atoms with Crippen LogP contribution in [0.15, 0.2) is 30.3 Å². The molecule has 0 amide bonds. The minimum atomic E-state index is -3.29. The molecule has 0 fully saturated rings. The molecule has 0 radical (unpaired) electrons. The molecule has 0 N–H and O–H groups in total. The summed E-state index contributed by atoms with van der Waals surface area (Å²) < 4.78 is 23.8. The van der Waals surface area contributed by atoms with E-state index in [-0.39, 0.29) is 0 Å². The molecule has 108 valence electrons. The number of pyridine rings is 1. The average Bonchev–Trinajstić information content (AvgIpc) is 2.46. The fraction of sp³-hybridized carbons (Fsp3) is 0.400. The number of aryl methyl sites for hydroxylation is 1. The van der Waals surface area contributed by atoms with E-state index < -0.39 is 7.60 Å². The van der Waals surface area contributed by atoms with Crippen molar-refractivity contribution >= 4 is 23.8 Å². The van der Waals surface area contributed by atoms with Gasteiger partial charge in [-0.3, -0.25) is 9.55 Å². The molecule has 2 aromatic rings. The van der Waals surface area contributed by atoms with Crippen molar-refractivity contribution in [1.29, 1.82) is 0 Å². The van der Waals surface area contributed by atoms with Crippen LogP contribution in [0.3, 0.4) is 0 Å². The van der Waals surface area contributed by atoms with E-state index in [2.05, 4.69) is 4.98 Å². The Morgan fingerprint density at radius 1 is 1.10 bits per heavy atom. The Labute approximate surface area is 119 Å². The highest BCUT2D eigenvalue weighted by atomic mass is 31.2. The third kappa shape index (κ3) is 2.93. The van der Waals surface area contributed by atoms with Crippen molar-refractivity contribution in [3.8, 4) is 0 Å². The van der Waals surface area contributed by atoms with Crippen LogP contribution in [-0.2, 0) is 20.0 Å². The van der Waals surface area contributed by atoms with E-state index in [4.69, 9.17) is 9.05 Å². The molecule has 0 spiro atoms. The van der Waals surface area contributed by atoms with Gasteiger partial charge in [0.1, 0.15) is 0 Å². The Balaban J connectivity index is 2.63. The molecule has 0 saturated heterocycles. The van der Waals surface area contributed by atoms with Gasteiger partial charge in [0, 0.05) is 5.39 Å². The van der Waals surface area contributed by atoms with E-state index in [0.29, 0.717) is 24.9 Å². The summed E-state index contributed by atoms with van der Waals surface area (Å²) in [5.74, 6) is 0. The summed E-state index contributed by atoms with van der Waals surface area (Å²) in [6, 6.07) is 9.66. The highest BCUT2D eigenvalue weighted by Gasteiger charge is 2.30. The van der Waals surface area contributed by atoms with Crippen molar-refractivity contribution in [2.45, 2.75) is 27.2 Å². The Bertz CT molecular complexity index is 632. The summed E-state index contributed by atoms with van der Waals surface area (Å²) in [5.41, 5.74) is 1.67. The van der Waals surface area contributed by atoms with Crippen LogP contribution in [0.4, 0.5) is 0 Å². The highest BCUT2D eigenvalue weighted by Crippen LogP contribution is 2.47. The quantitative estimate of drug-likeness (QED) is 0.762. The number of benzene rings is 1. The van der Waals surface area contributed by atoms with Crippen LogP contribution in [0.2, 0.25) is 0 Å². The van der Waals surface area contributed by atoms with Crippen LogP contribution in [0.25, 0.3) is 10.9 Å². The lowest BCUT2D eigenvalue weighted by Crippen LogP contribution is -2.17. The molecule has 1 aromatic heterocycles. The average molecular weight is 293 g/mol. The van der Waals surface area contributed by atoms with Crippen LogP contribution < -0.4 is 5.30 Å². The van der Waals surface area contributed by atoms with Gasteiger partial charge in [-0.2, -0.15) is 0 Å². The molecule has 0 aliphatic carbocycles. The van der Waals surface area contributed by atoms with Crippen molar-refractivity contribution in [2.24, 2.45) is 0 Å². The van der Waals surface area contributed by atoms with Gasteiger partial charge in [-0.1, -0.05) is 25.1 Å². The van der Waals surface area contributed by atoms with Gasteiger partial charge in [0.15, 0.2) is 0 Å². The molecule has 0 bridgehead atoms. The summed E-state index contributed by atoms with van der Waals surface area (Å²) in [6.45, 7) is 6.29. The van der Waals surface area contributed by atoms with E-state index >= 15 is 0 Å². The Hall–Kier alpha value is -1.22. The molecule has 20 heavy (non-hydrogen) atoms. The van der Waals surface area contributed by atoms with Crippen LogP contribution in [-0.4, -0.2) is 18.2 Å². The monoisotopic (exact) mass is 293 g/mol. The van der Waals surface area contributed by atoms with Crippen molar-refractivity contribution in [3.63, 3.8) is 0 Å². The molecule has 0 aliphatic heterocycles. The van der Waals surface area contributed by atoms with Gasteiger partial charge in [0.05, 0.1) is 29.7 Å². The topological polar surface area (TPSA) is 48.4 Å². The molecule has 0 aliphatic rings. The minimum absolute atomic E-state index is 0.341. The van der Waals surface area contributed by atoms with E-state index in [0.717, 1.165) is 16.6 Å². The smallest absolute Gasteiger partial charge is 0.305 e. The van der Waals surface area contributed by atoms with E-state index in [1.807, 2.05) is 51.1 Å². The van der Waals surface area contributed by atoms with Crippen molar-refractivity contribution in [2.75, 3.05) is 13.2 Å². The first-order valence-electron chi connectivity index (χ1n) is 6.93. The van der Waals surface area contributed by atoms with Crippen molar-refractivity contribution < 1.29 is 13.6 Å². The van der Waals surface area contributed by atoms with Crippen LogP contribution in [0, 0.1) is 0 Å². The van der Waals surface area contributed by atoms with Crippen molar-refractivity contribution in [3.05, 3.63) is 36.0 Å². The highest BCUT2D eigenvalue weighted by molar-refractivity contribution is 7.62. The number of hydrogen-bond acceptors (Lipinski definition) is 4. The van der Waals surface area contributed by atoms with Crippen LogP contribution in [0.1, 0.15) is 26.5 Å².